The monoisotopic (exact) mass is 303 g/mol. The number of hydrogen-bond donors (Lipinski definition) is 1. The van der Waals surface area contributed by atoms with Crippen molar-refractivity contribution in [1.82, 2.24) is 5.32 Å². The van der Waals surface area contributed by atoms with Crippen LogP contribution in [0.2, 0.25) is 5.02 Å². The first-order valence-electron chi connectivity index (χ1n) is 6.90. The van der Waals surface area contributed by atoms with Crippen LogP contribution < -0.4 is 5.32 Å². The minimum Gasteiger partial charge on any atom is -0.312 e. The zero-order chi connectivity index (χ0) is 14.8. The molecule has 0 spiro atoms. The molecule has 1 atom stereocenters. The van der Waals surface area contributed by atoms with Crippen LogP contribution in [0.1, 0.15) is 22.6 Å². The molecule has 0 aromatic heterocycles. The molecule has 2 nitrogen and oxygen atoms in total. The van der Waals surface area contributed by atoms with E-state index in [-0.39, 0.29) is 23.9 Å². The highest BCUT2D eigenvalue weighted by molar-refractivity contribution is 6.31. The third kappa shape index (κ3) is 2.99. The molecule has 0 radical (unpaired) electrons. The first kappa shape index (κ1) is 14.2. The number of hydrogen-bond acceptors (Lipinski definition) is 2. The summed E-state index contributed by atoms with van der Waals surface area (Å²) in [6, 6.07) is 12.1. The van der Waals surface area contributed by atoms with Gasteiger partial charge in [-0.3, -0.25) is 4.79 Å². The van der Waals surface area contributed by atoms with E-state index in [2.05, 4.69) is 5.32 Å². The van der Waals surface area contributed by atoms with Gasteiger partial charge in [0.1, 0.15) is 11.6 Å². The molecular formula is C17H15ClFNO. The van der Waals surface area contributed by atoms with E-state index in [4.69, 9.17) is 11.6 Å². The topological polar surface area (TPSA) is 29.1 Å². The second kappa shape index (κ2) is 5.96. The Bertz CT molecular complexity index is 686. The summed E-state index contributed by atoms with van der Waals surface area (Å²) >= 11 is 6.00. The third-order valence-electron chi connectivity index (χ3n) is 3.86. The number of nitrogens with one attached hydrogen (secondary N) is 1. The summed E-state index contributed by atoms with van der Waals surface area (Å²) in [6.45, 7) is 1.42. The van der Waals surface area contributed by atoms with Gasteiger partial charge in [-0.05, 0) is 28.8 Å². The van der Waals surface area contributed by atoms with E-state index in [1.807, 2.05) is 24.3 Å². The van der Waals surface area contributed by atoms with Crippen molar-refractivity contribution in [2.24, 2.45) is 0 Å². The van der Waals surface area contributed by atoms with Crippen molar-refractivity contribution in [2.75, 3.05) is 6.54 Å². The van der Waals surface area contributed by atoms with Crippen LogP contribution in [0.25, 0.3) is 0 Å². The maximum absolute atomic E-state index is 13.1. The zero-order valence-electron chi connectivity index (χ0n) is 11.4. The van der Waals surface area contributed by atoms with E-state index < -0.39 is 0 Å². The lowest BCUT2D eigenvalue weighted by molar-refractivity contribution is -0.119. The molecule has 21 heavy (non-hydrogen) atoms. The minimum atomic E-state index is -0.388. The van der Waals surface area contributed by atoms with E-state index >= 15 is 0 Å². The first-order chi connectivity index (χ1) is 10.1. The molecule has 0 saturated carbocycles. The van der Waals surface area contributed by atoms with E-state index in [1.54, 1.807) is 6.07 Å². The zero-order valence-corrected chi connectivity index (χ0v) is 12.2. The smallest absolute Gasteiger partial charge is 0.146 e. The number of carbonyl (C=O) groups excluding carboxylic acids is 1. The average Bonchev–Trinajstić information content (AvgIpc) is 2.49. The molecular weight excluding hydrogens is 289 g/mol. The first-order valence-corrected chi connectivity index (χ1v) is 7.28. The van der Waals surface area contributed by atoms with Gasteiger partial charge in [0.15, 0.2) is 0 Å². The summed E-state index contributed by atoms with van der Waals surface area (Å²) in [5.41, 5.74) is 2.91. The number of halogens is 2. The maximum Gasteiger partial charge on any atom is 0.146 e. The predicted molar refractivity (Wildman–Crippen MR) is 81.0 cm³/mol. The van der Waals surface area contributed by atoms with Gasteiger partial charge in [-0.2, -0.15) is 0 Å². The van der Waals surface area contributed by atoms with Crippen LogP contribution in [0.4, 0.5) is 4.39 Å². The van der Waals surface area contributed by atoms with Crippen LogP contribution in [0.5, 0.6) is 0 Å². The Morgan fingerprint density at radius 2 is 2.10 bits per heavy atom. The molecule has 0 amide bonds. The van der Waals surface area contributed by atoms with Gasteiger partial charge in [-0.15, -0.1) is 0 Å². The Morgan fingerprint density at radius 1 is 1.29 bits per heavy atom. The summed E-state index contributed by atoms with van der Waals surface area (Å²) in [7, 11) is 0. The Kier molecular flexibility index (Phi) is 4.04. The highest BCUT2D eigenvalue weighted by Gasteiger charge is 2.26. The highest BCUT2D eigenvalue weighted by atomic mass is 35.5. The molecule has 1 heterocycles. The fourth-order valence-electron chi connectivity index (χ4n) is 2.76. The molecule has 2 aromatic carbocycles. The van der Waals surface area contributed by atoms with Crippen molar-refractivity contribution in [1.29, 1.82) is 0 Å². The Morgan fingerprint density at radius 3 is 2.90 bits per heavy atom. The fourth-order valence-corrected chi connectivity index (χ4v) is 2.99. The summed E-state index contributed by atoms with van der Waals surface area (Å²) in [5, 5.41) is 3.57. The van der Waals surface area contributed by atoms with Gasteiger partial charge in [-0.1, -0.05) is 41.9 Å². The fraction of sp³-hybridized carbons (Fsp3) is 0.235. The Labute approximate surface area is 127 Å². The lowest BCUT2D eigenvalue weighted by atomic mass is 9.85. The quantitative estimate of drug-likeness (QED) is 0.940. The van der Waals surface area contributed by atoms with Crippen LogP contribution in [0.15, 0.2) is 42.5 Å². The average molecular weight is 304 g/mol. The summed E-state index contributed by atoms with van der Waals surface area (Å²) in [5.74, 6) is -0.458. The predicted octanol–water partition coefficient (Wildman–Crippen LogP) is 3.48. The van der Waals surface area contributed by atoms with Crippen molar-refractivity contribution in [2.45, 2.75) is 18.9 Å². The standard InChI is InChI=1S/C17H15ClFNO/c18-16-8-13(19)6-5-11(16)7-17(21)15-10-20-9-12-3-1-2-4-14(12)15/h1-6,8,15,20H,7,9-10H2. The second-order valence-corrected chi connectivity index (χ2v) is 5.67. The van der Waals surface area contributed by atoms with Crippen molar-refractivity contribution >= 4 is 17.4 Å². The SMILES string of the molecule is O=C(Cc1ccc(F)cc1Cl)C1CNCc2ccccc21. The third-order valence-corrected chi connectivity index (χ3v) is 4.21. The molecule has 108 valence electrons. The number of rotatable bonds is 3. The van der Waals surface area contributed by atoms with E-state index in [0.717, 1.165) is 17.7 Å². The van der Waals surface area contributed by atoms with Gasteiger partial charge in [0, 0.05) is 24.5 Å². The minimum absolute atomic E-state index is 0.100. The van der Waals surface area contributed by atoms with E-state index in [1.165, 1.54) is 12.1 Å². The Hall–Kier alpha value is -1.71. The number of carbonyl (C=O) groups is 1. The molecule has 0 bridgehead atoms. The van der Waals surface area contributed by atoms with Gasteiger partial charge in [0.25, 0.3) is 0 Å². The van der Waals surface area contributed by atoms with Gasteiger partial charge in [0.2, 0.25) is 0 Å². The van der Waals surface area contributed by atoms with Gasteiger partial charge in [-0.25, -0.2) is 4.39 Å². The van der Waals surface area contributed by atoms with Crippen LogP contribution >= 0.6 is 11.6 Å². The van der Waals surface area contributed by atoms with E-state index in [9.17, 15) is 9.18 Å². The molecule has 4 heteroatoms. The molecule has 0 fully saturated rings. The van der Waals surface area contributed by atoms with Crippen LogP contribution in [-0.2, 0) is 17.8 Å². The van der Waals surface area contributed by atoms with Crippen LogP contribution in [0, 0.1) is 5.82 Å². The Balaban J connectivity index is 1.83. The van der Waals surface area contributed by atoms with Gasteiger partial charge in [0.05, 0.1) is 5.92 Å². The van der Waals surface area contributed by atoms with Gasteiger partial charge >= 0.3 is 0 Å². The largest absolute Gasteiger partial charge is 0.312 e. The molecule has 2 aromatic rings. The molecule has 0 saturated heterocycles. The molecule has 1 aliphatic rings. The number of ketones is 1. The van der Waals surface area contributed by atoms with Crippen molar-refractivity contribution in [3.63, 3.8) is 0 Å². The van der Waals surface area contributed by atoms with Crippen LogP contribution in [0.3, 0.4) is 0 Å². The molecule has 0 aliphatic carbocycles. The summed E-state index contributed by atoms with van der Waals surface area (Å²) in [4.78, 5) is 12.6. The lowest BCUT2D eigenvalue weighted by Crippen LogP contribution is -2.33. The number of fused-ring (bicyclic) bond motifs is 1. The molecule has 1 aliphatic heterocycles. The summed E-state index contributed by atoms with van der Waals surface area (Å²) < 4.78 is 13.1. The second-order valence-electron chi connectivity index (χ2n) is 5.26. The molecule has 1 unspecified atom stereocenters. The highest BCUT2D eigenvalue weighted by Crippen LogP contribution is 2.27. The normalized spacial score (nSPS) is 17.3. The van der Waals surface area contributed by atoms with E-state index in [0.29, 0.717) is 17.1 Å². The molecule has 1 N–H and O–H groups in total. The lowest BCUT2D eigenvalue weighted by Gasteiger charge is -2.25. The molecule has 3 rings (SSSR count). The maximum atomic E-state index is 13.1. The van der Waals surface area contributed by atoms with Gasteiger partial charge < -0.3 is 5.32 Å². The summed E-state index contributed by atoms with van der Waals surface area (Å²) in [6.07, 6.45) is 0.222. The van der Waals surface area contributed by atoms with Crippen molar-refractivity contribution in [3.05, 3.63) is 70.0 Å². The van der Waals surface area contributed by atoms with Crippen molar-refractivity contribution < 1.29 is 9.18 Å². The van der Waals surface area contributed by atoms with Crippen molar-refractivity contribution in [3.8, 4) is 0 Å². The van der Waals surface area contributed by atoms with Crippen LogP contribution in [-0.4, -0.2) is 12.3 Å². The number of benzene rings is 2. The number of Topliss-reactive ketones (excluding diaryl/α,β-unsaturated/α-hetero) is 1.